The molecule has 0 unspecified atom stereocenters. The maximum Gasteiger partial charge on any atom is 0.128 e. The Labute approximate surface area is 120 Å². The van der Waals surface area contributed by atoms with Gasteiger partial charge in [-0.25, -0.2) is 4.98 Å². The largest absolute Gasteiger partial charge is 0.389 e. The number of morpholine rings is 1. The molecule has 1 aliphatic heterocycles. The highest BCUT2D eigenvalue weighted by Crippen LogP contribution is 2.30. The molecule has 0 spiro atoms. The highest BCUT2D eigenvalue weighted by atomic mass is 32.1. The fraction of sp³-hybridized carbons (Fsp3) is 0.571. The summed E-state index contributed by atoms with van der Waals surface area (Å²) in [5, 5.41) is 0. The van der Waals surface area contributed by atoms with Crippen molar-refractivity contribution in [2.24, 2.45) is 5.73 Å². The minimum Gasteiger partial charge on any atom is -0.389 e. The standard InChI is InChI=1S/C14H21N3OS/c1-13(2)8-17(9-14(3,4)18-13)11-6-5-10(7-16-11)12(15)19/h5-7H,8-9H2,1-4H3,(H2,15,19). The summed E-state index contributed by atoms with van der Waals surface area (Å²) < 4.78 is 6.06. The molecule has 0 saturated carbocycles. The molecule has 1 aromatic heterocycles. The number of pyridine rings is 1. The summed E-state index contributed by atoms with van der Waals surface area (Å²) in [6, 6.07) is 3.88. The molecule has 0 amide bonds. The molecule has 0 bridgehead atoms. The summed E-state index contributed by atoms with van der Waals surface area (Å²) in [5.74, 6) is 0.935. The first-order valence-corrected chi connectivity index (χ1v) is 6.80. The van der Waals surface area contributed by atoms with E-state index in [1.54, 1.807) is 6.20 Å². The summed E-state index contributed by atoms with van der Waals surface area (Å²) in [4.78, 5) is 7.08. The Kier molecular flexibility index (Phi) is 3.53. The summed E-state index contributed by atoms with van der Waals surface area (Å²) in [6.45, 7) is 10.0. The van der Waals surface area contributed by atoms with E-state index in [1.807, 2.05) is 12.1 Å². The molecule has 1 saturated heterocycles. The first-order valence-electron chi connectivity index (χ1n) is 6.40. The Bertz CT molecular complexity index is 466. The van der Waals surface area contributed by atoms with E-state index in [0.717, 1.165) is 24.5 Å². The highest BCUT2D eigenvalue weighted by molar-refractivity contribution is 7.80. The van der Waals surface area contributed by atoms with Crippen molar-refractivity contribution < 1.29 is 4.74 Å². The molecule has 1 aromatic rings. The lowest BCUT2D eigenvalue weighted by Crippen LogP contribution is -2.57. The van der Waals surface area contributed by atoms with Crippen LogP contribution in [0, 0.1) is 0 Å². The smallest absolute Gasteiger partial charge is 0.128 e. The fourth-order valence-electron chi connectivity index (χ4n) is 2.67. The van der Waals surface area contributed by atoms with E-state index in [4.69, 9.17) is 22.7 Å². The van der Waals surface area contributed by atoms with Crippen molar-refractivity contribution in [2.75, 3.05) is 18.0 Å². The quantitative estimate of drug-likeness (QED) is 0.840. The van der Waals surface area contributed by atoms with Gasteiger partial charge in [-0.05, 0) is 39.8 Å². The van der Waals surface area contributed by atoms with Crippen LogP contribution in [-0.2, 0) is 4.74 Å². The number of anilines is 1. The van der Waals surface area contributed by atoms with Crippen LogP contribution < -0.4 is 10.6 Å². The SMILES string of the molecule is CC1(C)CN(c2ccc(C(N)=S)cn2)CC(C)(C)O1. The zero-order chi connectivity index (χ0) is 14.3. The normalized spacial score (nSPS) is 21.2. The van der Waals surface area contributed by atoms with Gasteiger partial charge in [-0.2, -0.15) is 0 Å². The number of ether oxygens (including phenoxy) is 1. The number of nitrogens with zero attached hydrogens (tertiary/aromatic N) is 2. The molecule has 1 aliphatic rings. The van der Waals surface area contributed by atoms with Crippen molar-refractivity contribution in [2.45, 2.75) is 38.9 Å². The third-order valence-corrected chi connectivity index (χ3v) is 3.29. The van der Waals surface area contributed by atoms with E-state index in [9.17, 15) is 0 Å². The molecule has 0 aliphatic carbocycles. The van der Waals surface area contributed by atoms with E-state index in [0.29, 0.717) is 4.99 Å². The first-order chi connectivity index (χ1) is 8.69. The van der Waals surface area contributed by atoms with Crippen LogP contribution in [0.5, 0.6) is 0 Å². The van der Waals surface area contributed by atoms with Crippen molar-refractivity contribution >= 4 is 23.0 Å². The van der Waals surface area contributed by atoms with Crippen LogP contribution in [-0.4, -0.2) is 34.3 Å². The average Bonchev–Trinajstić information content (AvgIpc) is 2.25. The van der Waals surface area contributed by atoms with Crippen LogP contribution in [0.4, 0.5) is 5.82 Å². The lowest BCUT2D eigenvalue weighted by atomic mass is 9.99. The lowest BCUT2D eigenvalue weighted by molar-refractivity contribution is -0.133. The summed E-state index contributed by atoms with van der Waals surface area (Å²) in [7, 11) is 0. The second-order valence-electron chi connectivity index (χ2n) is 6.25. The second-order valence-corrected chi connectivity index (χ2v) is 6.69. The van der Waals surface area contributed by atoms with Crippen LogP contribution in [0.3, 0.4) is 0 Å². The van der Waals surface area contributed by atoms with E-state index in [2.05, 4.69) is 37.6 Å². The van der Waals surface area contributed by atoms with Gasteiger partial charge in [0, 0.05) is 24.8 Å². The van der Waals surface area contributed by atoms with Gasteiger partial charge in [-0.15, -0.1) is 0 Å². The molecule has 2 N–H and O–H groups in total. The van der Waals surface area contributed by atoms with Crippen molar-refractivity contribution in [1.29, 1.82) is 0 Å². The van der Waals surface area contributed by atoms with Crippen LogP contribution in [0.25, 0.3) is 0 Å². The van der Waals surface area contributed by atoms with Crippen molar-refractivity contribution in [3.8, 4) is 0 Å². The number of hydrogen-bond donors (Lipinski definition) is 1. The number of rotatable bonds is 2. The van der Waals surface area contributed by atoms with E-state index in [1.165, 1.54) is 0 Å². The number of thiocarbonyl (C=S) groups is 1. The average molecular weight is 279 g/mol. The summed E-state index contributed by atoms with van der Waals surface area (Å²) in [6.07, 6.45) is 1.73. The molecule has 104 valence electrons. The zero-order valence-electron chi connectivity index (χ0n) is 11.9. The molecule has 0 radical (unpaired) electrons. The fourth-order valence-corrected chi connectivity index (χ4v) is 2.79. The Hall–Kier alpha value is -1.20. The van der Waals surface area contributed by atoms with Gasteiger partial charge in [-0.1, -0.05) is 12.2 Å². The van der Waals surface area contributed by atoms with E-state index < -0.39 is 0 Å². The first kappa shape index (κ1) is 14.2. The Morgan fingerprint density at radius 1 is 1.26 bits per heavy atom. The van der Waals surface area contributed by atoms with E-state index in [-0.39, 0.29) is 11.2 Å². The maximum absolute atomic E-state index is 6.06. The minimum atomic E-state index is -0.189. The predicted octanol–water partition coefficient (Wildman–Crippen LogP) is 2.11. The van der Waals surface area contributed by atoms with Gasteiger partial charge in [0.25, 0.3) is 0 Å². The molecular weight excluding hydrogens is 258 g/mol. The number of hydrogen-bond acceptors (Lipinski definition) is 4. The van der Waals surface area contributed by atoms with Gasteiger partial charge in [0.15, 0.2) is 0 Å². The molecule has 2 heterocycles. The topological polar surface area (TPSA) is 51.4 Å². The van der Waals surface area contributed by atoms with Crippen molar-refractivity contribution in [3.05, 3.63) is 23.9 Å². The lowest BCUT2D eigenvalue weighted by Gasteiger charge is -2.47. The molecule has 0 atom stereocenters. The summed E-state index contributed by atoms with van der Waals surface area (Å²) >= 11 is 4.94. The third kappa shape index (κ3) is 3.42. The van der Waals surface area contributed by atoms with E-state index >= 15 is 0 Å². The zero-order valence-corrected chi connectivity index (χ0v) is 12.8. The van der Waals surface area contributed by atoms with Crippen molar-refractivity contribution in [1.82, 2.24) is 4.98 Å². The van der Waals surface area contributed by atoms with Gasteiger partial charge in [-0.3, -0.25) is 0 Å². The van der Waals surface area contributed by atoms with Crippen LogP contribution in [0.1, 0.15) is 33.3 Å². The molecule has 19 heavy (non-hydrogen) atoms. The Morgan fingerprint density at radius 3 is 2.26 bits per heavy atom. The summed E-state index contributed by atoms with van der Waals surface area (Å²) in [5.41, 5.74) is 6.00. The predicted molar refractivity (Wildman–Crippen MR) is 81.6 cm³/mol. The molecule has 1 fully saturated rings. The maximum atomic E-state index is 6.06. The molecule has 2 rings (SSSR count). The van der Waals surface area contributed by atoms with Crippen LogP contribution in [0.2, 0.25) is 0 Å². The third-order valence-electron chi connectivity index (χ3n) is 3.05. The molecule has 4 nitrogen and oxygen atoms in total. The van der Waals surface area contributed by atoms with Crippen molar-refractivity contribution in [3.63, 3.8) is 0 Å². The second kappa shape index (κ2) is 4.72. The molecule has 5 heteroatoms. The van der Waals surface area contributed by atoms with Gasteiger partial charge in [0.2, 0.25) is 0 Å². The van der Waals surface area contributed by atoms with Gasteiger partial charge >= 0.3 is 0 Å². The van der Waals surface area contributed by atoms with Gasteiger partial charge in [0.1, 0.15) is 10.8 Å². The van der Waals surface area contributed by atoms with Gasteiger partial charge < -0.3 is 15.4 Å². The van der Waals surface area contributed by atoms with Crippen LogP contribution in [0.15, 0.2) is 18.3 Å². The number of aromatic nitrogens is 1. The highest BCUT2D eigenvalue weighted by Gasteiger charge is 2.38. The minimum absolute atomic E-state index is 0.189. The monoisotopic (exact) mass is 279 g/mol. The van der Waals surface area contributed by atoms with Gasteiger partial charge in [0.05, 0.1) is 11.2 Å². The molecule has 0 aromatic carbocycles. The number of nitrogens with two attached hydrogens (primary N) is 1. The Morgan fingerprint density at radius 2 is 1.84 bits per heavy atom. The van der Waals surface area contributed by atoms with Crippen LogP contribution >= 0.6 is 12.2 Å². The molecular formula is C14H21N3OS. The Balaban J connectivity index is 2.23.